The Balaban J connectivity index is 2.17. The lowest BCUT2D eigenvalue weighted by atomic mass is 10.1. The van der Waals surface area contributed by atoms with Gasteiger partial charge in [-0.3, -0.25) is 4.79 Å². The molecule has 0 aliphatic carbocycles. The summed E-state index contributed by atoms with van der Waals surface area (Å²) in [5.41, 5.74) is 1.26. The van der Waals surface area contributed by atoms with Gasteiger partial charge in [0.25, 0.3) is 0 Å². The molecule has 0 atom stereocenters. The smallest absolute Gasteiger partial charge is 0.150 e. The molecule has 2 rings (SSSR count). The molecule has 2 aromatic carbocycles. The number of aldehydes is 1. The second-order valence-corrected chi connectivity index (χ2v) is 4.91. The third-order valence-electron chi connectivity index (χ3n) is 2.73. The maximum absolute atomic E-state index is 13.4. The number of rotatable bonds is 5. The summed E-state index contributed by atoms with van der Waals surface area (Å²) in [5.74, 6) is 0.633. The highest BCUT2D eigenvalue weighted by molar-refractivity contribution is 9.10. The molecule has 0 saturated carbocycles. The van der Waals surface area contributed by atoms with Crippen LogP contribution in [0.5, 0.6) is 11.5 Å². The maximum atomic E-state index is 13.4. The summed E-state index contributed by atoms with van der Waals surface area (Å²) in [5, 5.41) is 0. The number of ether oxygens (including phenoxy) is 2. The van der Waals surface area contributed by atoms with Crippen molar-refractivity contribution in [3.63, 3.8) is 0 Å². The predicted molar refractivity (Wildman–Crippen MR) is 76.8 cm³/mol. The van der Waals surface area contributed by atoms with E-state index in [1.165, 1.54) is 6.07 Å². The lowest BCUT2D eigenvalue weighted by Gasteiger charge is -2.11. The van der Waals surface area contributed by atoms with Gasteiger partial charge in [0.15, 0.2) is 0 Å². The summed E-state index contributed by atoms with van der Waals surface area (Å²) < 4.78 is 24.5. The fraction of sp³-hybridized carbons (Fsp3) is 0.133. The second-order valence-electron chi connectivity index (χ2n) is 4.05. The van der Waals surface area contributed by atoms with Crippen molar-refractivity contribution in [3.05, 3.63) is 57.8 Å². The van der Waals surface area contributed by atoms with Crippen LogP contribution in [0.4, 0.5) is 4.39 Å². The summed E-state index contributed by atoms with van der Waals surface area (Å²) in [4.78, 5) is 10.8. The Labute approximate surface area is 124 Å². The molecule has 5 heteroatoms. The zero-order valence-corrected chi connectivity index (χ0v) is 12.3. The van der Waals surface area contributed by atoms with Gasteiger partial charge < -0.3 is 9.47 Å². The highest BCUT2D eigenvalue weighted by Gasteiger charge is 2.07. The van der Waals surface area contributed by atoms with Crippen LogP contribution in [0.3, 0.4) is 0 Å². The van der Waals surface area contributed by atoms with E-state index in [1.54, 1.807) is 37.4 Å². The van der Waals surface area contributed by atoms with Gasteiger partial charge in [0.05, 0.1) is 11.6 Å². The number of hydrogen-bond donors (Lipinski definition) is 0. The van der Waals surface area contributed by atoms with E-state index < -0.39 is 5.82 Å². The zero-order valence-electron chi connectivity index (χ0n) is 10.7. The number of carbonyl (C=O) groups excluding carboxylic acids is 1. The molecule has 0 aromatic heterocycles. The molecule has 0 heterocycles. The van der Waals surface area contributed by atoms with Gasteiger partial charge in [-0.2, -0.15) is 0 Å². The van der Waals surface area contributed by atoms with Crippen molar-refractivity contribution >= 4 is 22.2 Å². The molecule has 2 aromatic rings. The standard InChI is InChI=1S/C15H12BrFO3/c1-19-15-5-2-10(8-18)6-11(15)9-20-12-3-4-13(16)14(17)7-12/h2-8H,9H2,1H3. The monoisotopic (exact) mass is 338 g/mol. The largest absolute Gasteiger partial charge is 0.496 e. The van der Waals surface area contributed by atoms with Crippen LogP contribution in [-0.4, -0.2) is 13.4 Å². The lowest BCUT2D eigenvalue weighted by Crippen LogP contribution is -2.00. The summed E-state index contributed by atoms with van der Waals surface area (Å²) in [7, 11) is 1.54. The minimum Gasteiger partial charge on any atom is -0.496 e. The first-order chi connectivity index (χ1) is 9.63. The molecule has 0 radical (unpaired) electrons. The summed E-state index contributed by atoms with van der Waals surface area (Å²) in [6.45, 7) is 0.186. The predicted octanol–water partition coefficient (Wildman–Crippen LogP) is 3.99. The molecule has 0 N–H and O–H groups in total. The fourth-order valence-electron chi connectivity index (χ4n) is 1.71. The number of halogens is 2. The van der Waals surface area contributed by atoms with E-state index in [1.807, 2.05) is 0 Å². The highest BCUT2D eigenvalue weighted by atomic mass is 79.9. The summed E-state index contributed by atoms with van der Waals surface area (Å²) >= 11 is 3.08. The first-order valence-corrected chi connectivity index (χ1v) is 6.63. The van der Waals surface area contributed by atoms with E-state index >= 15 is 0 Å². The number of hydrogen-bond acceptors (Lipinski definition) is 3. The Morgan fingerprint density at radius 2 is 2.05 bits per heavy atom. The Kier molecular flexibility index (Phi) is 4.74. The van der Waals surface area contributed by atoms with Crippen LogP contribution < -0.4 is 9.47 Å². The Morgan fingerprint density at radius 1 is 1.25 bits per heavy atom. The van der Waals surface area contributed by atoms with Gasteiger partial charge in [0, 0.05) is 17.2 Å². The van der Waals surface area contributed by atoms with Crippen LogP contribution in [0.15, 0.2) is 40.9 Å². The Morgan fingerprint density at radius 3 is 2.70 bits per heavy atom. The van der Waals surface area contributed by atoms with Crippen molar-refractivity contribution in [2.24, 2.45) is 0 Å². The van der Waals surface area contributed by atoms with Crippen LogP contribution in [0.1, 0.15) is 15.9 Å². The van der Waals surface area contributed by atoms with E-state index in [0.717, 1.165) is 11.8 Å². The van der Waals surface area contributed by atoms with Crippen LogP contribution >= 0.6 is 15.9 Å². The zero-order chi connectivity index (χ0) is 14.5. The molecule has 0 fully saturated rings. The number of methoxy groups -OCH3 is 1. The quantitative estimate of drug-likeness (QED) is 0.773. The van der Waals surface area contributed by atoms with E-state index in [9.17, 15) is 9.18 Å². The molecule has 0 bridgehead atoms. The van der Waals surface area contributed by atoms with E-state index in [2.05, 4.69) is 15.9 Å². The maximum Gasteiger partial charge on any atom is 0.150 e. The first kappa shape index (κ1) is 14.5. The molecule has 20 heavy (non-hydrogen) atoms. The van der Waals surface area contributed by atoms with E-state index in [4.69, 9.17) is 9.47 Å². The molecule has 0 amide bonds. The number of benzene rings is 2. The molecular formula is C15H12BrFO3. The van der Waals surface area contributed by atoms with Crippen LogP contribution in [0.25, 0.3) is 0 Å². The van der Waals surface area contributed by atoms with Gasteiger partial charge >= 0.3 is 0 Å². The van der Waals surface area contributed by atoms with Gasteiger partial charge in [-0.15, -0.1) is 0 Å². The summed E-state index contributed by atoms with van der Waals surface area (Å²) in [6.07, 6.45) is 0.752. The van der Waals surface area contributed by atoms with Gasteiger partial charge in [-0.25, -0.2) is 4.39 Å². The molecule has 104 valence electrons. The first-order valence-electron chi connectivity index (χ1n) is 5.84. The van der Waals surface area contributed by atoms with E-state index in [0.29, 0.717) is 21.5 Å². The highest BCUT2D eigenvalue weighted by Crippen LogP contribution is 2.24. The third kappa shape index (κ3) is 3.36. The molecule has 3 nitrogen and oxygen atoms in total. The van der Waals surface area contributed by atoms with Crippen molar-refractivity contribution in [3.8, 4) is 11.5 Å². The van der Waals surface area contributed by atoms with Gasteiger partial charge in [0.1, 0.15) is 30.2 Å². The van der Waals surface area contributed by atoms with E-state index in [-0.39, 0.29) is 6.61 Å². The number of carbonyl (C=O) groups is 1. The second kappa shape index (κ2) is 6.52. The minimum atomic E-state index is -0.392. The average Bonchev–Trinajstić information content (AvgIpc) is 2.48. The van der Waals surface area contributed by atoms with Crippen molar-refractivity contribution in [1.82, 2.24) is 0 Å². The molecule has 0 unspecified atom stereocenters. The minimum absolute atomic E-state index is 0.186. The molecule has 0 aliphatic rings. The van der Waals surface area contributed by atoms with Gasteiger partial charge in [0.2, 0.25) is 0 Å². The summed E-state index contributed by atoms with van der Waals surface area (Å²) in [6, 6.07) is 9.56. The average molecular weight is 339 g/mol. The fourth-order valence-corrected chi connectivity index (χ4v) is 1.96. The van der Waals surface area contributed by atoms with Crippen molar-refractivity contribution < 1.29 is 18.7 Å². The third-order valence-corrected chi connectivity index (χ3v) is 3.37. The molecule has 0 aliphatic heterocycles. The topological polar surface area (TPSA) is 35.5 Å². The SMILES string of the molecule is COc1ccc(C=O)cc1COc1ccc(Br)c(F)c1. The van der Waals surface area contributed by atoms with Gasteiger partial charge in [-0.05, 0) is 46.3 Å². The Hall–Kier alpha value is -1.88. The lowest BCUT2D eigenvalue weighted by molar-refractivity contribution is 0.112. The van der Waals surface area contributed by atoms with Gasteiger partial charge in [-0.1, -0.05) is 0 Å². The van der Waals surface area contributed by atoms with Crippen LogP contribution in [-0.2, 0) is 6.61 Å². The molecular weight excluding hydrogens is 327 g/mol. The molecule has 0 saturated heterocycles. The van der Waals surface area contributed by atoms with Crippen molar-refractivity contribution in [1.29, 1.82) is 0 Å². The molecule has 0 spiro atoms. The normalized spacial score (nSPS) is 10.2. The van der Waals surface area contributed by atoms with Crippen LogP contribution in [0, 0.1) is 5.82 Å². The van der Waals surface area contributed by atoms with Crippen molar-refractivity contribution in [2.45, 2.75) is 6.61 Å². The van der Waals surface area contributed by atoms with Crippen LogP contribution in [0.2, 0.25) is 0 Å². The Bertz CT molecular complexity index is 629. The van der Waals surface area contributed by atoms with Crippen molar-refractivity contribution in [2.75, 3.05) is 7.11 Å².